The monoisotopic (exact) mass is 264 g/mol. The molecule has 4 heteroatoms. The maximum Gasteiger partial charge on any atom is 0.217 e. The van der Waals surface area contributed by atoms with E-state index < -0.39 is 11.4 Å². The van der Waals surface area contributed by atoms with E-state index in [1.54, 1.807) is 0 Å². The fourth-order valence-electron chi connectivity index (χ4n) is 5.54. The topological polar surface area (TPSA) is 69.2 Å². The molecule has 0 heterocycles. The molecule has 0 aromatic heterocycles. The Hall–Kier alpha value is -1.06. The molecular formula is C15H22NO3-. The highest BCUT2D eigenvalue weighted by Crippen LogP contribution is 2.66. The Labute approximate surface area is 113 Å². The van der Waals surface area contributed by atoms with Crippen molar-refractivity contribution >= 4 is 11.9 Å². The number of amides is 1. The molecule has 4 aliphatic rings. The van der Waals surface area contributed by atoms with Crippen molar-refractivity contribution in [3.05, 3.63) is 0 Å². The van der Waals surface area contributed by atoms with Crippen molar-refractivity contribution < 1.29 is 14.7 Å². The molecule has 0 aromatic carbocycles. The highest BCUT2D eigenvalue weighted by Gasteiger charge is 2.59. The number of carbonyl (C=O) groups excluding carboxylic acids is 2. The summed E-state index contributed by atoms with van der Waals surface area (Å²) in [4.78, 5) is 23.0. The SMILES string of the molecule is CC(=O)N[C@H](C)C12C[C@@H]3C[C@@H](CC(C(=O)[O-])(C3)C1)C2. The first-order valence-electron chi connectivity index (χ1n) is 7.34. The summed E-state index contributed by atoms with van der Waals surface area (Å²) in [6.07, 6.45) is 5.58. The number of aliphatic carboxylic acids is 1. The third-order valence-corrected chi connectivity index (χ3v) is 5.88. The van der Waals surface area contributed by atoms with Gasteiger partial charge in [0, 0.05) is 24.3 Å². The van der Waals surface area contributed by atoms with E-state index in [9.17, 15) is 14.7 Å². The van der Waals surface area contributed by atoms with Crippen LogP contribution < -0.4 is 10.4 Å². The Morgan fingerprint density at radius 3 is 2.26 bits per heavy atom. The second-order valence-corrected chi connectivity index (χ2v) is 7.31. The molecule has 5 atom stereocenters. The van der Waals surface area contributed by atoms with Gasteiger partial charge in [0.15, 0.2) is 0 Å². The summed E-state index contributed by atoms with van der Waals surface area (Å²) in [6, 6.07) is 0.0645. The van der Waals surface area contributed by atoms with Crippen LogP contribution in [0, 0.1) is 22.7 Å². The molecule has 4 nitrogen and oxygen atoms in total. The second-order valence-electron chi connectivity index (χ2n) is 7.31. The standard InChI is InChI=1S/C15H23NO3/c1-9(16-10(2)17)14-4-11-3-12(5-14)7-15(6-11,8-14)13(18)19/h9,11-12H,3-8H2,1-2H3,(H,16,17)(H,18,19)/p-1/t9-,11-,12+,14?,15?/m1/s1. The zero-order valence-electron chi connectivity index (χ0n) is 11.7. The summed E-state index contributed by atoms with van der Waals surface area (Å²) in [5.74, 6) is 0.137. The van der Waals surface area contributed by atoms with Gasteiger partial charge in [0.25, 0.3) is 0 Å². The number of rotatable bonds is 3. The van der Waals surface area contributed by atoms with Gasteiger partial charge in [-0.1, -0.05) is 0 Å². The van der Waals surface area contributed by atoms with Gasteiger partial charge < -0.3 is 15.2 Å². The van der Waals surface area contributed by atoms with Crippen LogP contribution in [-0.4, -0.2) is 17.9 Å². The molecule has 4 saturated carbocycles. The average Bonchev–Trinajstić information content (AvgIpc) is 2.25. The summed E-state index contributed by atoms with van der Waals surface area (Å²) < 4.78 is 0. The maximum atomic E-state index is 11.6. The van der Waals surface area contributed by atoms with Gasteiger partial charge in [-0.25, -0.2) is 0 Å². The number of nitrogens with one attached hydrogen (secondary N) is 1. The number of carboxylic acid groups (broad SMARTS) is 1. The van der Waals surface area contributed by atoms with E-state index in [2.05, 4.69) is 5.32 Å². The maximum absolute atomic E-state index is 11.6. The molecule has 0 spiro atoms. The van der Waals surface area contributed by atoms with Gasteiger partial charge in [0.05, 0.1) is 0 Å². The van der Waals surface area contributed by atoms with E-state index in [-0.39, 0.29) is 17.4 Å². The van der Waals surface area contributed by atoms with Crippen molar-refractivity contribution in [1.29, 1.82) is 0 Å². The van der Waals surface area contributed by atoms with Gasteiger partial charge in [-0.3, -0.25) is 4.79 Å². The molecule has 4 rings (SSSR count). The first-order valence-corrected chi connectivity index (χ1v) is 7.34. The van der Waals surface area contributed by atoms with Crippen LogP contribution in [0.5, 0.6) is 0 Å². The molecule has 1 amide bonds. The quantitative estimate of drug-likeness (QED) is 0.821. The third kappa shape index (κ3) is 1.87. The second kappa shape index (κ2) is 3.97. The molecule has 4 aliphatic carbocycles. The Balaban J connectivity index is 1.91. The molecule has 4 bridgehead atoms. The highest BCUT2D eigenvalue weighted by atomic mass is 16.4. The predicted octanol–water partition coefficient (Wildman–Crippen LogP) is 0.847. The van der Waals surface area contributed by atoms with Crippen LogP contribution in [0.15, 0.2) is 0 Å². The van der Waals surface area contributed by atoms with Crippen LogP contribution in [0.4, 0.5) is 0 Å². The average molecular weight is 264 g/mol. The molecular weight excluding hydrogens is 242 g/mol. The summed E-state index contributed by atoms with van der Waals surface area (Å²) >= 11 is 0. The fourth-order valence-corrected chi connectivity index (χ4v) is 5.54. The summed E-state index contributed by atoms with van der Waals surface area (Å²) in [5, 5.41) is 14.6. The number of hydrogen-bond acceptors (Lipinski definition) is 3. The van der Waals surface area contributed by atoms with Gasteiger partial charge in [-0.2, -0.15) is 0 Å². The van der Waals surface area contributed by atoms with Gasteiger partial charge in [0.1, 0.15) is 0 Å². The number of carboxylic acids is 1. The number of carbonyl (C=O) groups is 2. The lowest BCUT2D eigenvalue weighted by Crippen LogP contribution is -2.62. The minimum absolute atomic E-state index is 0.0180. The van der Waals surface area contributed by atoms with Crippen LogP contribution >= 0.6 is 0 Å². The molecule has 19 heavy (non-hydrogen) atoms. The van der Waals surface area contributed by atoms with Crippen molar-refractivity contribution in [2.75, 3.05) is 0 Å². The fraction of sp³-hybridized carbons (Fsp3) is 0.867. The summed E-state index contributed by atoms with van der Waals surface area (Å²) in [5.41, 5.74) is -0.632. The first kappa shape index (κ1) is 12.9. The van der Waals surface area contributed by atoms with E-state index in [4.69, 9.17) is 0 Å². The number of hydrogen-bond donors (Lipinski definition) is 1. The van der Waals surface area contributed by atoms with Crippen molar-refractivity contribution in [2.24, 2.45) is 22.7 Å². The summed E-state index contributed by atoms with van der Waals surface area (Å²) in [7, 11) is 0. The molecule has 0 aromatic rings. The van der Waals surface area contributed by atoms with Crippen LogP contribution in [0.1, 0.15) is 52.4 Å². The Kier molecular flexibility index (Phi) is 2.70. The molecule has 0 saturated heterocycles. The Morgan fingerprint density at radius 2 is 1.79 bits per heavy atom. The zero-order chi connectivity index (χ0) is 13.8. The third-order valence-electron chi connectivity index (χ3n) is 5.88. The van der Waals surface area contributed by atoms with Gasteiger partial charge in [-0.15, -0.1) is 0 Å². The van der Waals surface area contributed by atoms with Crippen LogP contribution in [0.3, 0.4) is 0 Å². The van der Waals surface area contributed by atoms with Gasteiger partial charge in [0.2, 0.25) is 5.91 Å². The van der Waals surface area contributed by atoms with E-state index in [0.29, 0.717) is 18.3 Å². The normalized spacial score (nSPS) is 44.9. The molecule has 0 aliphatic heterocycles. The smallest absolute Gasteiger partial charge is 0.217 e. The van der Waals surface area contributed by atoms with Crippen molar-refractivity contribution in [3.63, 3.8) is 0 Å². The Bertz CT molecular complexity index is 417. The minimum atomic E-state index is -0.860. The van der Waals surface area contributed by atoms with E-state index in [1.807, 2.05) is 6.92 Å². The van der Waals surface area contributed by atoms with Gasteiger partial charge in [-0.05, 0) is 62.7 Å². The van der Waals surface area contributed by atoms with Crippen molar-refractivity contribution in [3.8, 4) is 0 Å². The molecule has 4 fully saturated rings. The van der Waals surface area contributed by atoms with Gasteiger partial charge >= 0.3 is 0 Å². The van der Waals surface area contributed by atoms with Crippen molar-refractivity contribution in [2.45, 2.75) is 58.4 Å². The minimum Gasteiger partial charge on any atom is -0.550 e. The van der Waals surface area contributed by atoms with E-state index >= 15 is 0 Å². The molecule has 1 N–H and O–H groups in total. The first-order chi connectivity index (χ1) is 8.85. The molecule has 106 valence electrons. The van der Waals surface area contributed by atoms with Crippen LogP contribution in [-0.2, 0) is 9.59 Å². The highest BCUT2D eigenvalue weighted by molar-refractivity contribution is 5.74. The molecule has 2 unspecified atom stereocenters. The van der Waals surface area contributed by atoms with Crippen LogP contribution in [0.2, 0.25) is 0 Å². The molecule has 0 radical (unpaired) electrons. The zero-order valence-corrected chi connectivity index (χ0v) is 11.7. The van der Waals surface area contributed by atoms with E-state index in [1.165, 1.54) is 13.3 Å². The lowest BCUT2D eigenvalue weighted by Gasteiger charge is -2.64. The van der Waals surface area contributed by atoms with Crippen molar-refractivity contribution in [1.82, 2.24) is 5.32 Å². The van der Waals surface area contributed by atoms with Crippen LogP contribution in [0.25, 0.3) is 0 Å². The Morgan fingerprint density at radius 1 is 1.21 bits per heavy atom. The largest absolute Gasteiger partial charge is 0.550 e. The predicted molar refractivity (Wildman–Crippen MR) is 67.8 cm³/mol. The lowest BCUT2D eigenvalue weighted by atomic mass is 9.43. The lowest BCUT2D eigenvalue weighted by molar-refractivity contribution is -0.330. The van der Waals surface area contributed by atoms with E-state index in [0.717, 1.165) is 25.7 Å². The summed E-state index contributed by atoms with van der Waals surface area (Å²) in [6.45, 7) is 3.57.